The maximum atomic E-state index is 6.57. The molecule has 0 radical (unpaired) electrons. The molecule has 4 aromatic rings. The Morgan fingerprint density at radius 2 is 1.56 bits per heavy atom. The molecule has 3 N–H and O–H groups in total. The van der Waals surface area contributed by atoms with E-state index in [9.17, 15) is 0 Å². The Hall–Kier alpha value is -4.24. The first kappa shape index (κ1) is 28.3. The van der Waals surface area contributed by atoms with Crippen molar-refractivity contribution in [2.24, 2.45) is 0 Å². The van der Waals surface area contributed by atoms with Crippen LogP contribution in [0.3, 0.4) is 0 Å². The van der Waals surface area contributed by atoms with Crippen LogP contribution < -0.4 is 30.0 Å². The second kappa shape index (κ2) is 12.1. The first-order valence-corrected chi connectivity index (χ1v) is 13.8. The van der Waals surface area contributed by atoms with Crippen LogP contribution in [0.25, 0.3) is 10.9 Å². The SMILES string of the molecule is CNc1nc(N)c2c(CC3(c4ccccc4)CCN(Cc4cc(OC)cc(OC)c4)CC3)c(OC)c(OC)cc2n1. The summed E-state index contributed by atoms with van der Waals surface area (Å²) in [7, 11) is 8.47. The molecular formula is C32H39N5O4. The Morgan fingerprint density at radius 1 is 0.878 bits per heavy atom. The first-order chi connectivity index (χ1) is 19.9. The number of nitrogens with two attached hydrogens (primary N) is 1. The van der Waals surface area contributed by atoms with Crippen LogP contribution in [0.4, 0.5) is 11.8 Å². The minimum atomic E-state index is -0.148. The number of nitrogens with one attached hydrogen (secondary N) is 1. The third-order valence-corrected chi connectivity index (χ3v) is 8.21. The Bertz CT molecular complexity index is 1480. The lowest BCUT2D eigenvalue weighted by Crippen LogP contribution is -2.43. The zero-order chi connectivity index (χ0) is 29.0. The van der Waals surface area contributed by atoms with Gasteiger partial charge in [0.05, 0.1) is 34.0 Å². The van der Waals surface area contributed by atoms with E-state index in [2.05, 4.69) is 57.7 Å². The van der Waals surface area contributed by atoms with E-state index in [4.69, 9.17) is 29.7 Å². The molecule has 5 rings (SSSR count). The van der Waals surface area contributed by atoms with Gasteiger partial charge in [-0.3, -0.25) is 4.90 Å². The summed E-state index contributed by atoms with van der Waals surface area (Å²) >= 11 is 0. The molecule has 0 spiro atoms. The van der Waals surface area contributed by atoms with Gasteiger partial charge in [0.2, 0.25) is 5.95 Å². The quantitative estimate of drug-likeness (QED) is 0.277. The molecule has 41 heavy (non-hydrogen) atoms. The van der Waals surface area contributed by atoms with Gasteiger partial charge < -0.3 is 30.0 Å². The van der Waals surface area contributed by atoms with Crippen molar-refractivity contribution in [3.05, 3.63) is 71.3 Å². The Morgan fingerprint density at radius 3 is 2.15 bits per heavy atom. The lowest BCUT2D eigenvalue weighted by atomic mass is 9.68. The number of benzene rings is 3. The molecule has 3 aromatic carbocycles. The highest BCUT2D eigenvalue weighted by molar-refractivity contribution is 5.95. The molecular weight excluding hydrogens is 518 g/mol. The van der Waals surface area contributed by atoms with Crippen molar-refractivity contribution in [2.75, 3.05) is 59.6 Å². The molecule has 0 saturated carbocycles. The summed E-state index contributed by atoms with van der Waals surface area (Å²) in [6.45, 7) is 2.67. The number of anilines is 2. The van der Waals surface area contributed by atoms with Crippen LogP contribution in [-0.4, -0.2) is 63.4 Å². The highest BCUT2D eigenvalue weighted by atomic mass is 16.5. The molecule has 1 fully saturated rings. The maximum Gasteiger partial charge on any atom is 0.224 e. The van der Waals surface area contributed by atoms with Crippen LogP contribution in [0.1, 0.15) is 29.5 Å². The van der Waals surface area contributed by atoms with Gasteiger partial charge in [-0.25, -0.2) is 4.98 Å². The van der Waals surface area contributed by atoms with Gasteiger partial charge in [-0.15, -0.1) is 0 Å². The van der Waals surface area contributed by atoms with Crippen LogP contribution in [0.5, 0.6) is 23.0 Å². The average Bonchev–Trinajstić information content (AvgIpc) is 3.01. The molecule has 216 valence electrons. The van der Waals surface area contributed by atoms with Crippen molar-refractivity contribution < 1.29 is 18.9 Å². The first-order valence-electron chi connectivity index (χ1n) is 13.8. The van der Waals surface area contributed by atoms with Crippen LogP contribution in [0, 0.1) is 0 Å². The van der Waals surface area contributed by atoms with E-state index in [-0.39, 0.29) is 5.41 Å². The van der Waals surface area contributed by atoms with E-state index >= 15 is 0 Å². The van der Waals surface area contributed by atoms with Crippen molar-refractivity contribution in [3.63, 3.8) is 0 Å². The number of rotatable bonds is 10. The van der Waals surface area contributed by atoms with Gasteiger partial charge in [-0.05, 0) is 55.6 Å². The molecule has 2 heterocycles. The number of likely N-dealkylation sites (tertiary alicyclic amines) is 1. The van der Waals surface area contributed by atoms with E-state index < -0.39 is 0 Å². The maximum absolute atomic E-state index is 6.57. The van der Waals surface area contributed by atoms with Crippen LogP contribution in [-0.2, 0) is 18.4 Å². The van der Waals surface area contributed by atoms with E-state index in [1.807, 2.05) is 12.1 Å². The zero-order valence-electron chi connectivity index (χ0n) is 24.5. The zero-order valence-corrected chi connectivity index (χ0v) is 24.5. The average molecular weight is 558 g/mol. The Kier molecular flexibility index (Phi) is 8.35. The summed E-state index contributed by atoms with van der Waals surface area (Å²) in [5, 5.41) is 3.81. The number of aromatic nitrogens is 2. The molecule has 9 heteroatoms. The molecule has 1 aliphatic heterocycles. The fourth-order valence-corrected chi connectivity index (χ4v) is 6.07. The van der Waals surface area contributed by atoms with E-state index in [1.165, 1.54) is 11.1 Å². The monoisotopic (exact) mass is 557 g/mol. The molecule has 0 unspecified atom stereocenters. The molecule has 1 aliphatic rings. The highest BCUT2D eigenvalue weighted by Gasteiger charge is 2.38. The summed E-state index contributed by atoms with van der Waals surface area (Å²) < 4.78 is 22.7. The summed E-state index contributed by atoms with van der Waals surface area (Å²) in [6, 6.07) is 18.7. The van der Waals surface area contributed by atoms with Gasteiger partial charge in [0.25, 0.3) is 0 Å². The van der Waals surface area contributed by atoms with Crippen LogP contribution in [0.2, 0.25) is 0 Å². The number of piperidine rings is 1. The molecule has 0 bridgehead atoms. The number of hydrogen-bond acceptors (Lipinski definition) is 9. The van der Waals surface area contributed by atoms with Crippen molar-refractivity contribution in [1.29, 1.82) is 0 Å². The molecule has 0 amide bonds. The number of nitrogens with zero attached hydrogens (tertiary/aromatic N) is 3. The molecule has 9 nitrogen and oxygen atoms in total. The van der Waals surface area contributed by atoms with E-state index in [1.54, 1.807) is 35.5 Å². The van der Waals surface area contributed by atoms with Gasteiger partial charge in [-0.2, -0.15) is 4.98 Å². The fraction of sp³-hybridized carbons (Fsp3) is 0.375. The van der Waals surface area contributed by atoms with Crippen molar-refractivity contribution >= 4 is 22.7 Å². The topological polar surface area (TPSA) is 104 Å². The Balaban J connectivity index is 1.53. The minimum Gasteiger partial charge on any atom is -0.497 e. The van der Waals surface area contributed by atoms with Crippen molar-refractivity contribution in [2.45, 2.75) is 31.2 Å². The largest absolute Gasteiger partial charge is 0.497 e. The number of fused-ring (bicyclic) bond motifs is 1. The predicted molar refractivity (Wildman–Crippen MR) is 162 cm³/mol. The van der Waals surface area contributed by atoms with Gasteiger partial charge >= 0.3 is 0 Å². The normalized spacial score (nSPS) is 15.0. The summed E-state index contributed by atoms with van der Waals surface area (Å²) in [4.78, 5) is 11.7. The van der Waals surface area contributed by atoms with Crippen LogP contribution >= 0.6 is 0 Å². The molecule has 1 aromatic heterocycles. The minimum absolute atomic E-state index is 0.148. The van der Waals surface area contributed by atoms with E-state index in [0.29, 0.717) is 29.7 Å². The predicted octanol–water partition coefficient (Wildman–Crippen LogP) is 5.06. The number of methoxy groups -OCH3 is 4. The summed E-state index contributed by atoms with van der Waals surface area (Å²) in [5.41, 5.74) is 10.6. The van der Waals surface area contributed by atoms with Gasteiger partial charge in [-0.1, -0.05) is 30.3 Å². The second-order valence-electron chi connectivity index (χ2n) is 10.5. The fourth-order valence-electron chi connectivity index (χ4n) is 6.07. The lowest BCUT2D eigenvalue weighted by Gasteiger charge is -2.43. The number of ether oxygens (including phenoxy) is 4. The Labute approximate surface area is 241 Å². The summed E-state index contributed by atoms with van der Waals surface area (Å²) in [6.07, 6.45) is 2.62. The van der Waals surface area contributed by atoms with Crippen LogP contribution in [0.15, 0.2) is 54.6 Å². The summed E-state index contributed by atoms with van der Waals surface area (Å²) in [5.74, 6) is 3.79. The van der Waals surface area contributed by atoms with Gasteiger partial charge in [0.15, 0.2) is 11.5 Å². The smallest absolute Gasteiger partial charge is 0.224 e. The third-order valence-electron chi connectivity index (χ3n) is 8.21. The third kappa shape index (κ3) is 5.67. The molecule has 1 saturated heterocycles. The number of nitrogen functional groups attached to an aromatic ring is 1. The number of hydrogen-bond donors (Lipinski definition) is 2. The van der Waals surface area contributed by atoms with E-state index in [0.717, 1.165) is 60.4 Å². The molecule has 0 atom stereocenters. The lowest BCUT2D eigenvalue weighted by molar-refractivity contribution is 0.151. The van der Waals surface area contributed by atoms with Gasteiger partial charge in [0, 0.05) is 42.1 Å². The second-order valence-corrected chi connectivity index (χ2v) is 10.5. The standard InChI is InChI=1S/C32H39N5O4/c1-34-31-35-26-18-27(40-4)29(41-5)25(28(26)30(33)36-31)19-32(22-9-7-6-8-10-22)11-13-37(14-12-32)20-21-15-23(38-2)17-24(16-21)39-3/h6-10,15-18H,11-14,19-20H2,1-5H3,(H3,33,34,35,36). The van der Waals surface area contributed by atoms with Crippen molar-refractivity contribution in [3.8, 4) is 23.0 Å². The highest BCUT2D eigenvalue weighted by Crippen LogP contribution is 2.46. The molecule has 0 aliphatic carbocycles. The van der Waals surface area contributed by atoms with Crippen molar-refractivity contribution in [1.82, 2.24) is 14.9 Å². The van der Waals surface area contributed by atoms with Gasteiger partial charge in [0.1, 0.15) is 17.3 Å².